The standard InChI is InChI=1S/C27H32N4O5.BrH/c1-15(2)20-9-18(10-22(26(20)35)30-8-7-19(12-30)36-14-24(33)34)23(32)13-31-11-17-5-6-21(16-3-4-16)29-25(17)27(31)28;/h5-6,9-10,15-16,19,28,35H,3-4,7-8,11-14H2,1-2H3,(H,33,34);1H. The van der Waals surface area contributed by atoms with Gasteiger partial charge in [-0.3, -0.25) is 10.2 Å². The summed E-state index contributed by atoms with van der Waals surface area (Å²) in [6, 6.07) is 7.52. The van der Waals surface area contributed by atoms with E-state index in [-0.39, 0.29) is 59.5 Å². The highest BCUT2D eigenvalue weighted by molar-refractivity contribution is 8.93. The molecule has 1 saturated carbocycles. The first-order valence-electron chi connectivity index (χ1n) is 12.5. The maximum Gasteiger partial charge on any atom is 0.329 e. The molecule has 0 amide bonds. The van der Waals surface area contributed by atoms with E-state index in [1.54, 1.807) is 17.0 Å². The number of aliphatic carboxylic acids is 1. The van der Waals surface area contributed by atoms with Crippen molar-refractivity contribution in [2.24, 2.45) is 0 Å². The molecule has 2 fully saturated rings. The summed E-state index contributed by atoms with van der Waals surface area (Å²) in [4.78, 5) is 32.7. The third-order valence-corrected chi connectivity index (χ3v) is 7.22. The predicted molar refractivity (Wildman–Crippen MR) is 145 cm³/mol. The van der Waals surface area contributed by atoms with Crippen molar-refractivity contribution in [3.8, 4) is 5.75 Å². The summed E-state index contributed by atoms with van der Waals surface area (Å²) >= 11 is 0. The minimum atomic E-state index is -1.01. The Hall–Kier alpha value is -2.98. The van der Waals surface area contributed by atoms with Gasteiger partial charge in [0.05, 0.1) is 18.3 Å². The first-order valence-corrected chi connectivity index (χ1v) is 12.5. The fourth-order valence-corrected chi connectivity index (χ4v) is 5.03. The molecule has 5 rings (SSSR count). The van der Waals surface area contributed by atoms with Gasteiger partial charge in [0.1, 0.15) is 23.9 Å². The van der Waals surface area contributed by atoms with Crippen molar-refractivity contribution in [2.45, 2.75) is 57.6 Å². The number of rotatable bonds is 9. The summed E-state index contributed by atoms with van der Waals surface area (Å²) in [5, 5.41) is 28.5. The molecule has 37 heavy (non-hydrogen) atoms. The van der Waals surface area contributed by atoms with Gasteiger partial charge in [-0.2, -0.15) is 0 Å². The highest BCUT2D eigenvalue weighted by Gasteiger charge is 2.32. The van der Waals surface area contributed by atoms with Gasteiger partial charge in [-0.25, -0.2) is 9.78 Å². The van der Waals surface area contributed by atoms with Crippen LogP contribution in [0.3, 0.4) is 0 Å². The van der Waals surface area contributed by atoms with E-state index in [0.717, 1.165) is 24.1 Å². The summed E-state index contributed by atoms with van der Waals surface area (Å²) in [6.07, 6.45) is 2.68. The quantitative estimate of drug-likeness (QED) is 0.384. The van der Waals surface area contributed by atoms with Crippen molar-refractivity contribution in [3.05, 3.63) is 52.3 Å². The molecule has 2 aromatic rings. The van der Waals surface area contributed by atoms with E-state index in [9.17, 15) is 14.7 Å². The van der Waals surface area contributed by atoms with Gasteiger partial charge in [0.25, 0.3) is 0 Å². The Morgan fingerprint density at radius 1 is 1.22 bits per heavy atom. The number of ketones is 1. The zero-order chi connectivity index (χ0) is 25.6. The molecule has 3 aliphatic rings. The van der Waals surface area contributed by atoms with Crippen molar-refractivity contribution in [1.82, 2.24) is 9.88 Å². The number of carbonyl (C=O) groups excluding carboxylic acids is 1. The third-order valence-electron chi connectivity index (χ3n) is 7.22. The van der Waals surface area contributed by atoms with Gasteiger partial charge in [0.15, 0.2) is 5.78 Å². The van der Waals surface area contributed by atoms with Crippen LogP contribution >= 0.6 is 17.0 Å². The molecular weight excluding hydrogens is 540 g/mol. The van der Waals surface area contributed by atoms with E-state index >= 15 is 0 Å². The number of nitrogens with zero attached hydrogens (tertiary/aromatic N) is 3. The lowest BCUT2D eigenvalue weighted by Gasteiger charge is -2.24. The number of ether oxygens (including phenoxy) is 1. The van der Waals surface area contributed by atoms with Gasteiger partial charge in [-0.15, -0.1) is 17.0 Å². The molecular formula is C27H33BrN4O5. The second-order valence-corrected chi connectivity index (χ2v) is 10.3. The van der Waals surface area contributed by atoms with E-state index in [1.165, 1.54) is 0 Å². The minimum Gasteiger partial charge on any atom is -0.505 e. The number of benzene rings is 1. The first-order chi connectivity index (χ1) is 17.2. The van der Waals surface area contributed by atoms with Crippen LogP contribution in [0.2, 0.25) is 0 Å². The van der Waals surface area contributed by atoms with Crippen LogP contribution in [-0.4, -0.2) is 70.0 Å². The van der Waals surface area contributed by atoms with Crippen LogP contribution in [0.15, 0.2) is 24.3 Å². The summed E-state index contributed by atoms with van der Waals surface area (Å²) < 4.78 is 5.44. The Morgan fingerprint density at radius 3 is 2.65 bits per heavy atom. The van der Waals surface area contributed by atoms with Crippen LogP contribution in [0.4, 0.5) is 5.69 Å². The normalized spacial score (nSPS) is 18.8. The number of hydrogen-bond donors (Lipinski definition) is 3. The highest BCUT2D eigenvalue weighted by atomic mass is 79.9. The number of carbonyl (C=O) groups is 2. The average molecular weight is 573 g/mol. The molecule has 0 spiro atoms. The topological polar surface area (TPSA) is 127 Å². The summed E-state index contributed by atoms with van der Waals surface area (Å²) in [6.45, 7) is 5.14. The number of phenols is 1. The number of amidine groups is 1. The molecule has 3 N–H and O–H groups in total. The summed E-state index contributed by atoms with van der Waals surface area (Å²) in [5.41, 5.74) is 4.40. The lowest BCUT2D eigenvalue weighted by molar-refractivity contribution is -0.143. The fraction of sp³-hybridized carbons (Fsp3) is 0.481. The monoisotopic (exact) mass is 572 g/mol. The second-order valence-electron chi connectivity index (χ2n) is 10.3. The van der Waals surface area contributed by atoms with Gasteiger partial charge in [-0.1, -0.05) is 19.9 Å². The minimum absolute atomic E-state index is 0. The molecule has 10 heteroatoms. The average Bonchev–Trinajstić information content (AvgIpc) is 3.51. The van der Waals surface area contributed by atoms with Crippen molar-refractivity contribution in [2.75, 3.05) is 31.1 Å². The van der Waals surface area contributed by atoms with Crippen LogP contribution in [0.1, 0.15) is 77.8 Å². The van der Waals surface area contributed by atoms with Crippen molar-refractivity contribution in [3.63, 3.8) is 0 Å². The smallest absolute Gasteiger partial charge is 0.329 e. The number of nitrogens with one attached hydrogen (secondary N) is 1. The molecule has 1 aromatic heterocycles. The van der Waals surface area contributed by atoms with Crippen LogP contribution in [0, 0.1) is 5.41 Å². The molecule has 1 saturated heterocycles. The number of fused-ring (bicyclic) bond motifs is 1. The Bertz CT molecular complexity index is 1230. The summed E-state index contributed by atoms with van der Waals surface area (Å²) in [7, 11) is 0. The number of anilines is 1. The molecule has 198 valence electrons. The van der Waals surface area contributed by atoms with Crippen LogP contribution in [-0.2, 0) is 16.1 Å². The molecule has 3 heterocycles. The van der Waals surface area contributed by atoms with Crippen LogP contribution in [0.25, 0.3) is 0 Å². The molecule has 9 nitrogen and oxygen atoms in total. The molecule has 0 radical (unpaired) electrons. The highest BCUT2D eigenvalue weighted by Crippen LogP contribution is 2.40. The largest absolute Gasteiger partial charge is 0.505 e. The zero-order valence-electron chi connectivity index (χ0n) is 21.1. The Kier molecular flexibility index (Phi) is 7.89. The van der Waals surface area contributed by atoms with Crippen molar-refractivity contribution >= 4 is 40.3 Å². The fourth-order valence-electron chi connectivity index (χ4n) is 5.03. The molecule has 1 atom stereocenters. The van der Waals surface area contributed by atoms with Gasteiger partial charge in [-0.05, 0) is 48.9 Å². The summed E-state index contributed by atoms with van der Waals surface area (Å²) in [5.74, 6) is -0.225. The second kappa shape index (κ2) is 10.8. The number of carboxylic acids is 1. The lowest BCUT2D eigenvalue weighted by Crippen LogP contribution is -2.31. The van der Waals surface area contributed by atoms with E-state index in [1.807, 2.05) is 30.9 Å². The molecule has 1 unspecified atom stereocenters. The number of carboxylic acid groups (broad SMARTS) is 1. The predicted octanol–water partition coefficient (Wildman–Crippen LogP) is 4.07. The van der Waals surface area contributed by atoms with Gasteiger partial charge in [0.2, 0.25) is 0 Å². The molecule has 1 aliphatic carbocycles. The van der Waals surface area contributed by atoms with Crippen LogP contribution < -0.4 is 4.90 Å². The number of phenolic OH excluding ortho intramolecular Hbond substituents is 1. The van der Waals surface area contributed by atoms with Crippen LogP contribution in [0.5, 0.6) is 5.75 Å². The number of pyridine rings is 1. The van der Waals surface area contributed by atoms with E-state index < -0.39 is 5.97 Å². The van der Waals surface area contributed by atoms with Crippen molar-refractivity contribution < 1.29 is 24.5 Å². The third kappa shape index (κ3) is 5.65. The Labute approximate surface area is 226 Å². The van der Waals surface area contributed by atoms with E-state index in [4.69, 9.17) is 20.2 Å². The maximum atomic E-state index is 13.4. The number of aromatic hydroxyl groups is 1. The molecule has 1 aromatic carbocycles. The lowest BCUT2D eigenvalue weighted by atomic mass is 9.96. The Morgan fingerprint density at radius 2 is 1.97 bits per heavy atom. The molecule has 2 aliphatic heterocycles. The SMILES string of the molecule is Br.CC(C)c1cc(C(=O)CN2Cc3ccc(C4CC4)nc3C2=N)cc(N2CCC(OCC(=O)O)C2)c1O. The number of hydrogen-bond acceptors (Lipinski definition) is 7. The Balaban J connectivity index is 0.00000320. The van der Waals surface area contributed by atoms with Gasteiger partial charge < -0.3 is 24.7 Å². The number of Topliss-reactive ketones (excluding diaryl/α,β-unsaturated/α-hetero) is 1. The maximum absolute atomic E-state index is 13.4. The number of halogens is 1. The zero-order valence-corrected chi connectivity index (χ0v) is 22.8. The van der Waals surface area contributed by atoms with E-state index in [0.29, 0.717) is 54.5 Å². The van der Waals surface area contributed by atoms with Gasteiger partial charge >= 0.3 is 5.97 Å². The number of aromatic nitrogens is 1. The van der Waals surface area contributed by atoms with Gasteiger partial charge in [0, 0.05) is 42.4 Å². The molecule has 0 bridgehead atoms. The first kappa shape index (κ1) is 27.1. The van der Waals surface area contributed by atoms with E-state index in [2.05, 4.69) is 0 Å². The van der Waals surface area contributed by atoms with Crippen molar-refractivity contribution in [1.29, 1.82) is 5.41 Å².